The largest absolute Gasteiger partial charge is 0.416 e. The second-order valence-electron chi connectivity index (χ2n) is 11.5. The lowest BCUT2D eigenvalue weighted by atomic mass is 9.87. The number of alkyl halides is 3. The minimum atomic E-state index is -4.42. The van der Waals surface area contributed by atoms with Crippen molar-refractivity contribution in [2.24, 2.45) is 5.92 Å². The maximum absolute atomic E-state index is 14.1. The quantitative estimate of drug-likeness (QED) is 0.228. The van der Waals surface area contributed by atoms with E-state index in [4.69, 9.17) is 0 Å². The van der Waals surface area contributed by atoms with Crippen molar-refractivity contribution in [3.63, 3.8) is 0 Å². The summed E-state index contributed by atoms with van der Waals surface area (Å²) >= 11 is 0. The zero-order valence-electron chi connectivity index (χ0n) is 24.1. The molecule has 4 aromatic rings. The number of nitrogens with one attached hydrogen (secondary N) is 1. The van der Waals surface area contributed by atoms with Gasteiger partial charge in [0.15, 0.2) is 0 Å². The lowest BCUT2D eigenvalue weighted by Gasteiger charge is -2.29. The van der Waals surface area contributed by atoms with Gasteiger partial charge in [-0.15, -0.1) is 0 Å². The summed E-state index contributed by atoms with van der Waals surface area (Å²) in [6, 6.07) is 24.1. The van der Waals surface area contributed by atoms with Crippen molar-refractivity contribution in [1.29, 1.82) is 0 Å². The number of benzene rings is 3. The van der Waals surface area contributed by atoms with Crippen molar-refractivity contribution in [2.75, 3.05) is 4.90 Å². The maximum Gasteiger partial charge on any atom is 0.416 e. The monoisotopic (exact) mass is 619 g/mol. The Kier molecular flexibility index (Phi) is 8.06. The van der Waals surface area contributed by atoms with Crippen molar-refractivity contribution in [2.45, 2.75) is 62.2 Å². The van der Waals surface area contributed by atoms with Gasteiger partial charge >= 0.3 is 6.18 Å². The van der Waals surface area contributed by atoms with Crippen LogP contribution in [0.15, 0.2) is 95.9 Å². The molecule has 2 aliphatic carbocycles. The van der Waals surface area contributed by atoms with E-state index >= 15 is 0 Å². The molecule has 0 aliphatic heterocycles. The molecule has 1 amide bonds. The maximum atomic E-state index is 14.1. The van der Waals surface area contributed by atoms with E-state index in [2.05, 4.69) is 9.71 Å². The van der Waals surface area contributed by atoms with Gasteiger partial charge in [0.2, 0.25) is 15.9 Å². The van der Waals surface area contributed by atoms with Crippen LogP contribution >= 0.6 is 0 Å². The number of halogens is 3. The highest BCUT2D eigenvalue weighted by molar-refractivity contribution is 7.89. The Morgan fingerprint density at radius 2 is 1.73 bits per heavy atom. The lowest BCUT2D eigenvalue weighted by molar-refractivity contribution is -0.137. The molecule has 1 aromatic heterocycles. The number of anilines is 1. The third kappa shape index (κ3) is 6.42. The summed E-state index contributed by atoms with van der Waals surface area (Å²) in [5.41, 5.74) is 3.97. The summed E-state index contributed by atoms with van der Waals surface area (Å²) in [5.74, 6) is -0.712. The summed E-state index contributed by atoms with van der Waals surface area (Å²) in [5, 5.41) is 0. The molecule has 10 heteroatoms. The minimum absolute atomic E-state index is 0.143. The SMILES string of the molecule is Cc1cccc(CN(C(=O)C2CC2c2ccc(C(F)(F)F)cc2)c2ccc3c(c2)C(NS(=O)(=O)c2ccccc2)CCC3)n1. The molecule has 1 N–H and O–H groups in total. The number of aryl methyl sites for hydroxylation is 2. The molecule has 3 unspecified atom stereocenters. The number of amides is 1. The topological polar surface area (TPSA) is 79.4 Å². The molecule has 44 heavy (non-hydrogen) atoms. The van der Waals surface area contributed by atoms with Gasteiger partial charge in [-0.1, -0.05) is 42.5 Å². The number of carbonyl (C=O) groups is 1. The van der Waals surface area contributed by atoms with Crippen LogP contribution in [-0.4, -0.2) is 19.3 Å². The van der Waals surface area contributed by atoms with Gasteiger partial charge in [0.1, 0.15) is 0 Å². The molecular formula is C34H32F3N3O3S. The van der Waals surface area contributed by atoms with Crippen LogP contribution in [-0.2, 0) is 34.0 Å². The molecule has 0 saturated heterocycles. The van der Waals surface area contributed by atoms with E-state index in [-0.39, 0.29) is 29.2 Å². The summed E-state index contributed by atoms with van der Waals surface area (Å²) in [6.07, 6.45) is -1.65. The normalized spacial score (nSPS) is 19.7. The Morgan fingerprint density at radius 1 is 0.977 bits per heavy atom. The predicted octanol–water partition coefficient (Wildman–Crippen LogP) is 7.10. The predicted molar refractivity (Wildman–Crippen MR) is 161 cm³/mol. The number of hydrogen-bond acceptors (Lipinski definition) is 4. The van der Waals surface area contributed by atoms with Gasteiger partial charge in [-0.3, -0.25) is 9.78 Å². The molecule has 3 aromatic carbocycles. The van der Waals surface area contributed by atoms with Crippen LogP contribution in [0, 0.1) is 12.8 Å². The van der Waals surface area contributed by atoms with Crippen LogP contribution in [0.1, 0.15) is 64.9 Å². The van der Waals surface area contributed by atoms with Crippen molar-refractivity contribution in [3.8, 4) is 0 Å². The summed E-state index contributed by atoms with van der Waals surface area (Å²) < 4.78 is 68.6. The summed E-state index contributed by atoms with van der Waals surface area (Å²) in [6.45, 7) is 2.08. The Bertz CT molecular complexity index is 1780. The van der Waals surface area contributed by atoms with Gasteiger partial charge in [0, 0.05) is 23.3 Å². The molecule has 0 bridgehead atoms. The smallest absolute Gasteiger partial charge is 0.306 e. The van der Waals surface area contributed by atoms with Crippen LogP contribution in [0.4, 0.5) is 18.9 Å². The van der Waals surface area contributed by atoms with Crippen molar-refractivity contribution < 1.29 is 26.4 Å². The average molecular weight is 620 g/mol. The van der Waals surface area contributed by atoms with E-state index < -0.39 is 27.8 Å². The van der Waals surface area contributed by atoms with Crippen LogP contribution in [0.5, 0.6) is 0 Å². The Labute approximate surface area is 255 Å². The van der Waals surface area contributed by atoms with Crippen LogP contribution in [0.2, 0.25) is 0 Å². The van der Waals surface area contributed by atoms with Gasteiger partial charge in [-0.25, -0.2) is 13.1 Å². The fourth-order valence-electron chi connectivity index (χ4n) is 6.03. The number of rotatable bonds is 8. The molecular weight excluding hydrogens is 587 g/mol. The first-order valence-electron chi connectivity index (χ1n) is 14.6. The number of pyridine rings is 1. The number of sulfonamides is 1. The molecule has 1 fully saturated rings. The van der Waals surface area contributed by atoms with Crippen molar-refractivity contribution in [1.82, 2.24) is 9.71 Å². The van der Waals surface area contributed by atoms with Crippen molar-refractivity contribution >= 4 is 21.6 Å². The van der Waals surface area contributed by atoms with Crippen LogP contribution in [0.3, 0.4) is 0 Å². The van der Waals surface area contributed by atoms with E-state index in [1.807, 2.05) is 43.3 Å². The molecule has 3 atom stereocenters. The van der Waals surface area contributed by atoms with Gasteiger partial charge in [-0.2, -0.15) is 13.2 Å². The highest BCUT2D eigenvalue weighted by Gasteiger charge is 2.46. The highest BCUT2D eigenvalue weighted by Crippen LogP contribution is 2.49. The van der Waals surface area contributed by atoms with Gasteiger partial charge < -0.3 is 4.90 Å². The highest BCUT2D eigenvalue weighted by atomic mass is 32.2. The van der Waals surface area contributed by atoms with Gasteiger partial charge in [-0.05, 0) is 104 Å². The zero-order valence-corrected chi connectivity index (χ0v) is 24.9. The second kappa shape index (κ2) is 11.8. The van der Waals surface area contributed by atoms with Crippen LogP contribution in [0.25, 0.3) is 0 Å². The first kappa shape index (κ1) is 30.0. The summed E-state index contributed by atoms with van der Waals surface area (Å²) in [4.78, 5) is 20.5. The van der Waals surface area contributed by atoms with E-state index in [9.17, 15) is 26.4 Å². The first-order chi connectivity index (χ1) is 21.0. The Morgan fingerprint density at radius 3 is 2.43 bits per heavy atom. The number of aromatic nitrogens is 1. The number of nitrogens with zero attached hydrogens (tertiary/aromatic N) is 2. The molecule has 2 aliphatic rings. The number of fused-ring (bicyclic) bond motifs is 1. The molecule has 0 radical (unpaired) electrons. The average Bonchev–Trinajstić information content (AvgIpc) is 3.81. The van der Waals surface area contributed by atoms with Gasteiger partial charge in [0.25, 0.3) is 0 Å². The third-order valence-corrected chi connectivity index (χ3v) is 9.90. The first-order valence-corrected chi connectivity index (χ1v) is 16.1. The lowest BCUT2D eigenvalue weighted by Crippen LogP contribution is -2.34. The molecule has 1 heterocycles. The van der Waals surface area contributed by atoms with E-state index in [0.717, 1.165) is 41.8 Å². The van der Waals surface area contributed by atoms with E-state index in [1.165, 1.54) is 12.1 Å². The fourth-order valence-corrected chi connectivity index (χ4v) is 7.30. The fraction of sp³-hybridized carbons (Fsp3) is 0.294. The van der Waals surface area contributed by atoms with Gasteiger partial charge in [0.05, 0.1) is 22.7 Å². The Hall–Kier alpha value is -4.02. The second-order valence-corrected chi connectivity index (χ2v) is 13.2. The standard InChI is InChI=1S/C34H32F3N3O3S/c1-22-7-5-9-26(38-22)21-40(33(41)31-20-29(31)24-13-16-25(17-14-24)34(35,36)37)27-18-15-23-8-6-12-32(30(23)19-27)39-44(42,43)28-10-3-2-4-11-28/h2-5,7,9-11,13-19,29,31-32,39H,6,8,12,20-21H2,1H3. The molecule has 1 saturated carbocycles. The number of carbonyl (C=O) groups excluding carboxylic acids is 1. The minimum Gasteiger partial charge on any atom is -0.306 e. The van der Waals surface area contributed by atoms with E-state index in [0.29, 0.717) is 29.8 Å². The Balaban J connectivity index is 1.30. The van der Waals surface area contributed by atoms with E-state index in [1.54, 1.807) is 35.2 Å². The molecule has 6 rings (SSSR count). The molecule has 228 valence electrons. The molecule has 0 spiro atoms. The summed E-state index contributed by atoms with van der Waals surface area (Å²) in [7, 11) is -3.77. The third-order valence-electron chi connectivity index (χ3n) is 8.41. The molecule has 6 nitrogen and oxygen atoms in total. The van der Waals surface area contributed by atoms with Crippen LogP contribution < -0.4 is 9.62 Å². The number of hydrogen-bond donors (Lipinski definition) is 1. The zero-order chi connectivity index (χ0) is 31.1. The van der Waals surface area contributed by atoms with Crippen molar-refractivity contribution in [3.05, 3.63) is 125 Å².